The number of amides is 1. The lowest BCUT2D eigenvalue weighted by atomic mass is 9.91. The van der Waals surface area contributed by atoms with Gasteiger partial charge < -0.3 is 11.1 Å². The van der Waals surface area contributed by atoms with Crippen molar-refractivity contribution in [3.63, 3.8) is 0 Å². The Bertz CT molecular complexity index is 693. The van der Waals surface area contributed by atoms with Crippen molar-refractivity contribution in [3.05, 3.63) is 64.7 Å². The van der Waals surface area contributed by atoms with Gasteiger partial charge >= 0.3 is 0 Å². The van der Waals surface area contributed by atoms with Crippen LogP contribution >= 0.6 is 0 Å². The Morgan fingerprint density at radius 3 is 2.71 bits per heavy atom. The Morgan fingerprint density at radius 2 is 2.00 bits per heavy atom. The van der Waals surface area contributed by atoms with Gasteiger partial charge in [0.2, 0.25) is 5.91 Å². The number of hydrogen-bond acceptors (Lipinski definition) is 2. The standard InChI is InChI=1S/C18H20N2O/c1-3-13-15-10-12(8-9-16(15)20-18(13)21)17(19)14-7-5-4-6-11(14)2/h4-10,13,17H,3,19H2,1-2H3,(H,20,21). The van der Waals surface area contributed by atoms with Crippen LogP contribution in [0.25, 0.3) is 0 Å². The number of carbonyl (C=O) groups excluding carboxylic acids is 1. The highest BCUT2D eigenvalue weighted by Crippen LogP contribution is 2.36. The minimum absolute atomic E-state index is 0.0518. The van der Waals surface area contributed by atoms with Crippen molar-refractivity contribution in [1.82, 2.24) is 0 Å². The molecule has 3 heteroatoms. The maximum absolute atomic E-state index is 11.9. The quantitative estimate of drug-likeness (QED) is 0.904. The molecule has 0 aromatic heterocycles. The summed E-state index contributed by atoms with van der Waals surface area (Å²) < 4.78 is 0. The molecule has 3 rings (SSSR count). The monoisotopic (exact) mass is 280 g/mol. The average molecular weight is 280 g/mol. The number of anilines is 1. The summed E-state index contributed by atoms with van der Waals surface area (Å²) in [6, 6.07) is 14.1. The van der Waals surface area contributed by atoms with E-state index in [4.69, 9.17) is 5.73 Å². The summed E-state index contributed by atoms with van der Waals surface area (Å²) in [5.41, 5.74) is 11.8. The lowest BCUT2D eigenvalue weighted by Crippen LogP contribution is -2.13. The van der Waals surface area contributed by atoms with Crippen molar-refractivity contribution in [2.75, 3.05) is 5.32 Å². The van der Waals surface area contributed by atoms with E-state index < -0.39 is 0 Å². The molecule has 3 N–H and O–H groups in total. The number of nitrogens with two attached hydrogens (primary N) is 1. The molecule has 1 aliphatic heterocycles. The lowest BCUT2D eigenvalue weighted by Gasteiger charge is -2.17. The molecule has 1 heterocycles. The largest absolute Gasteiger partial charge is 0.325 e. The summed E-state index contributed by atoms with van der Waals surface area (Å²) in [5.74, 6) is 0.0399. The van der Waals surface area contributed by atoms with Gasteiger partial charge in [0.1, 0.15) is 0 Å². The number of hydrogen-bond donors (Lipinski definition) is 2. The second kappa shape index (κ2) is 5.34. The van der Waals surface area contributed by atoms with E-state index in [9.17, 15) is 4.79 Å². The predicted octanol–water partition coefficient (Wildman–Crippen LogP) is 3.49. The number of aryl methyl sites for hydroxylation is 1. The highest BCUT2D eigenvalue weighted by atomic mass is 16.2. The number of carbonyl (C=O) groups is 1. The van der Waals surface area contributed by atoms with Crippen LogP contribution in [0, 0.1) is 6.92 Å². The molecular weight excluding hydrogens is 260 g/mol. The summed E-state index contributed by atoms with van der Waals surface area (Å²) in [4.78, 5) is 11.9. The van der Waals surface area contributed by atoms with Gasteiger partial charge in [0.25, 0.3) is 0 Å². The lowest BCUT2D eigenvalue weighted by molar-refractivity contribution is -0.117. The van der Waals surface area contributed by atoms with Crippen molar-refractivity contribution >= 4 is 11.6 Å². The van der Waals surface area contributed by atoms with Crippen molar-refractivity contribution in [2.45, 2.75) is 32.2 Å². The molecule has 0 bridgehead atoms. The zero-order valence-electron chi connectivity index (χ0n) is 12.4. The molecule has 2 aromatic carbocycles. The summed E-state index contributed by atoms with van der Waals surface area (Å²) >= 11 is 0. The van der Waals surface area contributed by atoms with E-state index in [1.165, 1.54) is 5.56 Å². The maximum Gasteiger partial charge on any atom is 0.231 e. The molecule has 3 nitrogen and oxygen atoms in total. The number of fused-ring (bicyclic) bond motifs is 1. The molecule has 2 aromatic rings. The van der Waals surface area contributed by atoms with Crippen LogP contribution < -0.4 is 11.1 Å². The number of benzene rings is 2. The van der Waals surface area contributed by atoms with Crippen LogP contribution in [0.15, 0.2) is 42.5 Å². The van der Waals surface area contributed by atoms with Gasteiger partial charge in [-0.3, -0.25) is 4.79 Å². The first-order chi connectivity index (χ1) is 10.1. The normalized spacial score (nSPS) is 18.2. The molecule has 0 radical (unpaired) electrons. The third-order valence-corrected chi connectivity index (χ3v) is 4.32. The van der Waals surface area contributed by atoms with Gasteiger partial charge in [-0.2, -0.15) is 0 Å². The van der Waals surface area contributed by atoms with Gasteiger partial charge in [-0.15, -0.1) is 0 Å². The highest BCUT2D eigenvalue weighted by molar-refractivity contribution is 6.02. The van der Waals surface area contributed by atoms with Crippen LogP contribution in [0.5, 0.6) is 0 Å². The van der Waals surface area contributed by atoms with E-state index in [2.05, 4.69) is 30.4 Å². The van der Waals surface area contributed by atoms with Crippen molar-refractivity contribution in [2.24, 2.45) is 5.73 Å². The predicted molar refractivity (Wildman–Crippen MR) is 85.3 cm³/mol. The summed E-state index contributed by atoms with van der Waals surface area (Å²) in [6.45, 7) is 4.11. The van der Waals surface area contributed by atoms with Gasteiger partial charge in [0, 0.05) is 5.69 Å². The van der Waals surface area contributed by atoms with E-state index in [-0.39, 0.29) is 17.9 Å². The molecule has 0 saturated carbocycles. The van der Waals surface area contributed by atoms with Gasteiger partial charge in [0.15, 0.2) is 0 Å². The van der Waals surface area contributed by atoms with Crippen LogP contribution in [-0.4, -0.2) is 5.91 Å². The molecule has 21 heavy (non-hydrogen) atoms. The zero-order chi connectivity index (χ0) is 15.0. The van der Waals surface area contributed by atoms with Crippen LogP contribution in [0.2, 0.25) is 0 Å². The van der Waals surface area contributed by atoms with Crippen molar-refractivity contribution in [1.29, 1.82) is 0 Å². The fourth-order valence-corrected chi connectivity index (χ4v) is 3.06. The molecule has 0 spiro atoms. The fourth-order valence-electron chi connectivity index (χ4n) is 3.06. The molecule has 2 atom stereocenters. The first-order valence-electron chi connectivity index (χ1n) is 7.37. The van der Waals surface area contributed by atoms with Gasteiger partial charge in [0.05, 0.1) is 12.0 Å². The molecule has 1 amide bonds. The molecule has 108 valence electrons. The maximum atomic E-state index is 11.9. The van der Waals surface area contributed by atoms with Crippen LogP contribution in [-0.2, 0) is 4.79 Å². The van der Waals surface area contributed by atoms with Gasteiger partial charge in [-0.25, -0.2) is 0 Å². The van der Waals surface area contributed by atoms with E-state index in [0.29, 0.717) is 0 Å². The molecule has 0 fully saturated rings. The number of nitrogens with one attached hydrogen (secondary N) is 1. The zero-order valence-corrected chi connectivity index (χ0v) is 12.4. The summed E-state index contributed by atoms with van der Waals surface area (Å²) in [5, 5.41) is 2.94. The molecule has 2 unspecified atom stereocenters. The fraction of sp³-hybridized carbons (Fsp3) is 0.278. The number of rotatable bonds is 3. The Morgan fingerprint density at radius 1 is 1.24 bits per heavy atom. The van der Waals surface area contributed by atoms with Crippen LogP contribution in [0.4, 0.5) is 5.69 Å². The van der Waals surface area contributed by atoms with Crippen LogP contribution in [0.3, 0.4) is 0 Å². The SMILES string of the molecule is CCC1C(=O)Nc2ccc(C(N)c3ccccc3C)cc21. The first-order valence-corrected chi connectivity index (χ1v) is 7.37. The first kappa shape index (κ1) is 13.8. The topological polar surface area (TPSA) is 55.1 Å². The van der Waals surface area contributed by atoms with E-state index >= 15 is 0 Å². The van der Waals surface area contributed by atoms with E-state index in [1.54, 1.807) is 0 Å². The highest BCUT2D eigenvalue weighted by Gasteiger charge is 2.29. The minimum atomic E-state index is -0.162. The molecular formula is C18H20N2O. The van der Waals surface area contributed by atoms with Crippen molar-refractivity contribution in [3.8, 4) is 0 Å². The second-order valence-corrected chi connectivity index (χ2v) is 5.63. The Hall–Kier alpha value is -2.13. The Labute approximate surface area is 125 Å². The molecule has 1 aliphatic rings. The molecule has 0 aliphatic carbocycles. The van der Waals surface area contributed by atoms with E-state index in [0.717, 1.165) is 28.8 Å². The van der Waals surface area contributed by atoms with Crippen molar-refractivity contribution < 1.29 is 4.79 Å². The van der Waals surface area contributed by atoms with Crippen LogP contribution in [0.1, 0.15) is 47.6 Å². The summed E-state index contributed by atoms with van der Waals surface area (Å²) in [7, 11) is 0. The van der Waals surface area contributed by atoms with Gasteiger partial charge in [-0.05, 0) is 41.7 Å². The van der Waals surface area contributed by atoms with E-state index in [1.807, 2.05) is 31.2 Å². The third-order valence-electron chi connectivity index (χ3n) is 4.32. The summed E-state index contributed by atoms with van der Waals surface area (Å²) in [6.07, 6.45) is 0.807. The Balaban J connectivity index is 2.00. The van der Waals surface area contributed by atoms with Gasteiger partial charge in [-0.1, -0.05) is 43.3 Å². The smallest absolute Gasteiger partial charge is 0.231 e. The molecule has 0 saturated heterocycles. The third kappa shape index (κ3) is 2.34. The average Bonchev–Trinajstić information content (AvgIpc) is 2.81. The minimum Gasteiger partial charge on any atom is -0.325 e. The second-order valence-electron chi connectivity index (χ2n) is 5.63. The Kier molecular flexibility index (Phi) is 3.52.